The van der Waals surface area contributed by atoms with E-state index >= 15 is 0 Å². The number of nitrogens with one attached hydrogen (secondary N) is 2. The van der Waals surface area contributed by atoms with Crippen molar-refractivity contribution in [2.75, 3.05) is 5.32 Å². The van der Waals surface area contributed by atoms with E-state index in [4.69, 9.17) is 0 Å². The third kappa shape index (κ3) is 5.09. The lowest BCUT2D eigenvalue weighted by Gasteiger charge is -2.25. The second-order valence-electron chi connectivity index (χ2n) is 7.21. The second-order valence-corrected chi connectivity index (χ2v) is 8.19. The lowest BCUT2D eigenvalue weighted by molar-refractivity contribution is -0.132. The van der Waals surface area contributed by atoms with Crippen molar-refractivity contribution in [3.63, 3.8) is 0 Å². The van der Waals surface area contributed by atoms with Gasteiger partial charge in [-0.2, -0.15) is 0 Å². The molecule has 0 aliphatic carbocycles. The predicted molar refractivity (Wildman–Crippen MR) is 100 cm³/mol. The summed E-state index contributed by atoms with van der Waals surface area (Å²) in [6.45, 7) is 9.23. The summed E-state index contributed by atoms with van der Waals surface area (Å²) in [7, 11) is 0. The molecule has 1 aromatic heterocycles. The average molecular weight is 360 g/mol. The van der Waals surface area contributed by atoms with Crippen LogP contribution in [-0.4, -0.2) is 28.1 Å². The van der Waals surface area contributed by atoms with Crippen LogP contribution in [0, 0.1) is 11.3 Å². The molecule has 134 valence electrons. The number of carbonyl (C=O) groups excluding carboxylic acids is 2. The van der Waals surface area contributed by atoms with E-state index < -0.39 is 11.5 Å². The average Bonchev–Trinajstić information content (AvgIpc) is 3.00. The first kappa shape index (κ1) is 19.1. The van der Waals surface area contributed by atoms with Gasteiger partial charge in [0.25, 0.3) is 0 Å². The van der Waals surface area contributed by atoms with Gasteiger partial charge >= 0.3 is 0 Å². The number of carbonyl (C=O) groups is 2. The Morgan fingerprint density at radius 3 is 2.28 bits per heavy atom. The molecule has 7 heteroatoms. The Balaban J connectivity index is 2.09. The monoisotopic (exact) mass is 360 g/mol. The third-order valence-corrected chi connectivity index (χ3v) is 4.48. The first-order valence-corrected chi connectivity index (χ1v) is 9.01. The lowest BCUT2D eigenvalue weighted by atomic mass is 9.93. The number of amides is 2. The number of anilines is 1. The SMILES string of the molecule is CC(C)[C@@H](NC(=O)C(C)(C)C)C(=O)Nc1nnc(-c2ccccc2)s1. The smallest absolute Gasteiger partial charge is 0.249 e. The van der Waals surface area contributed by atoms with Crippen LogP contribution in [-0.2, 0) is 9.59 Å². The molecule has 2 N–H and O–H groups in total. The zero-order chi connectivity index (χ0) is 18.6. The molecule has 1 atom stereocenters. The van der Waals surface area contributed by atoms with Gasteiger partial charge in [-0.1, -0.05) is 76.3 Å². The number of aromatic nitrogens is 2. The Bertz CT molecular complexity index is 735. The first-order valence-electron chi connectivity index (χ1n) is 8.19. The number of hydrogen-bond acceptors (Lipinski definition) is 5. The highest BCUT2D eigenvalue weighted by molar-refractivity contribution is 7.18. The van der Waals surface area contributed by atoms with E-state index in [2.05, 4.69) is 20.8 Å². The minimum Gasteiger partial charge on any atom is -0.344 e. The summed E-state index contributed by atoms with van der Waals surface area (Å²) in [5, 5.41) is 14.9. The molecule has 0 fully saturated rings. The van der Waals surface area contributed by atoms with Gasteiger partial charge < -0.3 is 5.32 Å². The van der Waals surface area contributed by atoms with E-state index in [9.17, 15) is 9.59 Å². The van der Waals surface area contributed by atoms with Crippen LogP contribution < -0.4 is 10.6 Å². The van der Waals surface area contributed by atoms with Crippen LogP contribution in [0.5, 0.6) is 0 Å². The Morgan fingerprint density at radius 1 is 1.08 bits per heavy atom. The van der Waals surface area contributed by atoms with E-state index in [1.54, 1.807) is 0 Å². The molecule has 1 aromatic carbocycles. The molecule has 0 aliphatic heterocycles. The van der Waals surface area contributed by atoms with Crippen molar-refractivity contribution < 1.29 is 9.59 Å². The Labute approximate surface area is 152 Å². The molecule has 0 spiro atoms. The lowest BCUT2D eigenvalue weighted by Crippen LogP contribution is -2.50. The molecule has 2 rings (SSSR count). The topological polar surface area (TPSA) is 84.0 Å². The van der Waals surface area contributed by atoms with Crippen LogP contribution in [0.3, 0.4) is 0 Å². The van der Waals surface area contributed by atoms with Gasteiger partial charge in [0.15, 0.2) is 0 Å². The molecule has 2 aromatic rings. The van der Waals surface area contributed by atoms with Crippen molar-refractivity contribution >= 4 is 28.3 Å². The van der Waals surface area contributed by atoms with Crippen LogP contribution in [0.1, 0.15) is 34.6 Å². The Hall–Kier alpha value is -2.28. The van der Waals surface area contributed by atoms with Gasteiger partial charge in [-0.15, -0.1) is 10.2 Å². The van der Waals surface area contributed by atoms with Crippen molar-refractivity contribution in [2.24, 2.45) is 11.3 Å². The van der Waals surface area contributed by atoms with E-state index in [0.29, 0.717) is 5.13 Å². The summed E-state index contributed by atoms with van der Waals surface area (Å²) >= 11 is 1.30. The van der Waals surface area contributed by atoms with E-state index in [1.165, 1.54) is 11.3 Å². The Morgan fingerprint density at radius 2 is 1.72 bits per heavy atom. The standard InChI is InChI=1S/C18H24N4O2S/c1-11(2)13(19-16(24)18(3,4)5)14(23)20-17-22-21-15(25-17)12-9-7-6-8-10-12/h6-11,13H,1-5H3,(H,19,24)(H,20,22,23)/t13-/m1/s1. The minimum absolute atomic E-state index is 0.0483. The molecule has 25 heavy (non-hydrogen) atoms. The van der Waals surface area contributed by atoms with Gasteiger partial charge in [0.1, 0.15) is 11.0 Å². The normalized spacial score (nSPS) is 12.7. The molecule has 0 aliphatic rings. The molecular formula is C18H24N4O2S. The van der Waals surface area contributed by atoms with Crippen LogP contribution in [0.15, 0.2) is 30.3 Å². The molecule has 0 radical (unpaired) electrons. The van der Waals surface area contributed by atoms with Crippen molar-refractivity contribution in [1.29, 1.82) is 0 Å². The number of hydrogen-bond donors (Lipinski definition) is 2. The summed E-state index contributed by atoms with van der Waals surface area (Å²) in [6.07, 6.45) is 0. The summed E-state index contributed by atoms with van der Waals surface area (Å²) in [5.41, 5.74) is 0.387. The zero-order valence-electron chi connectivity index (χ0n) is 15.2. The van der Waals surface area contributed by atoms with Crippen molar-refractivity contribution in [3.05, 3.63) is 30.3 Å². The minimum atomic E-state index is -0.629. The predicted octanol–water partition coefficient (Wildman–Crippen LogP) is 3.33. The van der Waals surface area contributed by atoms with E-state index in [-0.39, 0.29) is 17.7 Å². The molecule has 0 bridgehead atoms. The van der Waals surface area contributed by atoms with Gasteiger partial charge in [-0.05, 0) is 5.92 Å². The van der Waals surface area contributed by atoms with Crippen LogP contribution in [0.2, 0.25) is 0 Å². The van der Waals surface area contributed by atoms with Gasteiger partial charge in [-0.3, -0.25) is 14.9 Å². The fourth-order valence-corrected chi connectivity index (χ4v) is 2.80. The van der Waals surface area contributed by atoms with Gasteiger partial charge in [0.05, 0.1) is 0 Å². The fraction of sp³-hybridized carbons (Fsp3) is 0.444. The van der Waals surface area contributed by atoms with E-state index in [1.807, 2.05) is 65.0 Å². The summed E-state index contributed by atoms with van der Waals surface area (Å²) in [4.78, 5) is 24.8. The summed E-state index contributed by atoms with van der Waals surface area (Å²) in [6, 6.07) is 9.02. The highest BCUT2D eigenvalue weighted by atomic mass is 32.1. The van der Waals surface area contributed by atoms with Crippen molar-refractivity contribution in [2.45, 2.75) is 40.7 Å². The zero-order valence-corrected chi connectivity index (χ0v) is 16.0. The molecule has 0 saturated heterocycles. The highest BCUT2D eigenvalue weighted by Gasteiger charge is 2.30. The Kier molecular flexibility index (Phi) is 5.89. The fourth-order valence-electron chi connectivity index (χ4n) is 2.05. The van der Waals surface area contributed by atoms with Crippen molar-refractivity contribution in [1.82, 2.24) is 15.5 Å². The molecule has 6 nitrogen and oxygen atoms in total. The van der Waals surface area contributed by atoms with Crippen molar-refractivity contribution in [3.8, 4) is 10.6 Å². The quantitative estimate of drug-likeness (QED) is 0.856. The van der Waals surface area contributed by atoms with Gasteiger partial charge in [-0.25, -0.2) is 0 Å². The summed E-state index contributed by atoms with van der Waals surface area (Å²) in [5.74, 6) is -0.500. The molecule has 1 heterocycles. The van der Waals surface area contributed by atoms with Crippen LogP contribution in [0.4, 0.5) is 5.13 Å². The van der Waals surface area contributed by atoms with Crippen LogP contribution >= 0.6 is 11.3 Å². The molecule has 0 unspecified atom stereocenters. The second kappa shape index (κ2) is 7.74. The molecular weight excluding hydrogens is 336 g/mol. The van der Waals surface area contributed by atoms with Gasteiger partial charge in [0.2, 0.25) is 16.9 Å². The third-order valence-electron chi connectivity index (χ3n) is 3.59. The highest BCUT2D eigenvalue weighted by Crippen LogP contribution is 2.26. The van der Waals surface area contributed by atoms with Crippen LogP contribution in [0.25, 0.3) is 10.6 Å². The maximum absolute atomic E-state index is 12.6. The largest absolute Gasteiger partial charge is 0.344 e. The summed E-state index contributed by atoms with van der Waals surface area (Å²) < 4.78 is 0. The van der Waals surface area contributed by atoms with E-state index in [0.717, 1.165) is 10.6 Å². The number of nitrogens with zero attached hydrogens (tertiary/aromatic N) is 2. The number of benzene rings is 1. The maximum Gasteiger partial charge on any atom is 0.249 e. The first-order chi connectivity index (χ1) is 11.7. The number of rotatable bonds is 5. The maximum atomic E-state index is 12.6. The molecule has 2 amide bonds. The van der Waals surface area contributed by atoms with Gasteiger partial charge in [0, 0.05) is 11.0 Å². The molecule has 0 saturated carbocycles.